The summed E-state index contributed by atoms with van der Waals surface area (Å²) < 4.78 is 57.5. The fraction of sp³-hybridized carbons (Fsp3) is 0.677. The zero-order chi connectivity index (χ0) is 28.4. The molecule has 2 aliphatic heterocycles. The van der Waals surface area contributed by atoms with Crippen LogP contribution >= 0.6 is 0 Å². The van der Waals surface area contributed by atoms with Crippen LogP contribution in [-0.2, 0) is 30.5 Å². The number of rotatable bonds is 5. The van der Waals surface area contributed by atoms with Crippen molar-refractivity contribution in [1.29, 1.82) is 0 Å². The van der Waals surface area contributed by atoms with Gasteiger partial charge in [-0.1, -0.05) is 12.1 Å². The van der Waals surface area contributed by atoms with Crippen molar-refractivity contribution in [2.75, 3.05) is 19.6 Å². The molecule has 220 valence electrons. The first kappa shape index (κ1) is 26.2. The molecule has 0 amide bonds. The third kappa shape index (κ3) is 3.55. The third-order valence-electron chi connectivity index (χ3n) is 12.2. The first-order chi connectivity index (χ1) is 19.5. The third-order valence-corrected chi connectivity index (χ3v) is 12.2. The van der Waals surface area contributed by atoms with Crippen LogP contribution in [0.5, 0.6) is 0 Å². The minimum absolute atomic E-state index is 0.100. The molecule has 7 aliphatic rings. The fourth-order valence-corrected chi connectivity index (χ4v) is 10.8. The molecule has 6 fully saturated rings. The molecule has 4 bridgehead atoms. The fourth-order valence-electron chi connectivity index (χ4n) is 10.8. The summed E-state index contributed by atoms with van der Waals surface area (Å²) in [6.45, 7) is 2.70. The number of hydrogen-bond acceptors (Lipinski definition) is 4. The summed E-state index contributed by atoms with van der Waals surface area (Å²) in [5.41, 5.74) is -0.617. The van der Waals surface area contributed by atoms with Gasteiger partial charge in [0, 0.05) is 37.3 Å². The van der Waals surface area contributed by atoms with Crippen LogP contribution in [0.4, 0.5) is 17.6 Å². The summed E-state index contributed by atoms with van der Waals surface area (Å²) in [7, 11) is 0. The monoisotopic (exact) mass is 572 g/mol. The van der Waals surface area contributed by atoms with Gasteiger partial charge in [-0.3, -0.25) is 14.4 Å². The summed E-state index contributed by atoms with van der Waals surface area (Å²) >= 11 is 0. The summed E-state index contributed by atoms with van der Waals surface area (Å²) in [5, 5.41) is 18.7. The Kier molecular flexibility index (Phi) is 5.46. The summed E-state index contributed by atoms with van der Waals surface area (Å²) in [5.74, 6) is 0.100. The Hall–Kier alpha value is -2.46. The van der Waals surface area contributed by atoms with Crippen LogP contribution < -0.4 is 5.32 Å². The maximum Gasteiger partial charge on any atom is 0.435 e. The van der Waals surface area contributed by atoms with Crippen LogP contribution in [0.1, 0.15) is 67.5 Å². The van der Waals surface area contributed by atoms with E-state index in [2.05, 4.69) is 15.3 Å². The van der Waals surface area contributed by atoms with Crippen molar-refractivity contribution in [3.8, 4) is 0 Å². The molecule has 3 heterocycles. The average molecular weight is 573 g/mol. The standard InChI is InChI=1S/C31H36F4N4O2/c32-23-3-1-18(2-4-23)14-39-25-15-38(6-5-24(25)26(37-39)31(33,34)35)29-10-19-7-20(11-29)9-21(8-19)30(29,27(40)41)22-12-28(13-22)16-36-17-28/h1-4,19-22,36H,5-17H2,(H,40,41). The number of aromatic nitrogens is 2. The molecule has 5 saturated carbocycles. The lowest BCUT2D eigenvalue weighted by atomic mass is 9.34. The summed E-state index contributed by atoms with van der Waals surface area (Å²) in [6, 6.07) is 5.77. The largest absolute Gasteiger partial charge is 0.481 e. The first-order valence-electron chi connectivity index (χ1n) is 15.1. The number of benzene rings is 1. The highest BCUT2D eigenvalue weighted by Gasteiger charge is 2.75. The van der Waals surface area contributed by atoms with Gasteiger partial charge in [-0.2, -0.15) is 18.3 Å². The van der Waals surface area contributed by atoms with Crippen LogP contribution in [0.3, 0.4) is 0 Å². The molecule has 0 radical (unpaired) electrons. The van der Waals surface area contributed by atoms with E-state index in [1.807, 2.05) is 0 Å². The van der Waals surface area contributed by atoms with E-state index in [4.69, 9.17) is 0 Å². The van der Waals surface area contributed by atoms with Crippen molar-refractivity contribution in [2.45, 2.75) is 76.2 Å². The number of carbonyl (C=O) groups is 1. The van der Waals surface area contributed by atoms with E-state index >= 15 is 0 Å². The molecule has 6 nitrogen and oxygen atoms in total. The van der Waals surface area contributed by atoms with Gasteiger partial charge in [0.2, 0.25) is 0 Å². The highest BCUT2D eigenvalue weighted by Crippen LogP contribution is 2.73. The van der Waals surface area contributed by atoms with Crippen molar-refractivity contribution >= 4 is 5.97 Å². The van der Waals surface area contributed by atoms with Crippen molar-refractivity contribution in [2.24, 2.45) is 34.5 Å². The average Bonchev–Trinajstić information content (AvgIpc) is 3.23. The number of hydrogen-bond donors (Lipinski definition) is 2. The predicted molar refractivity (Wildman–Crippen MR) is 141 cm³/mol. The van der Waals surface area contributed by atoms with Gasteiger partial charge in [-0.15, -0.1) is 0 Å². The van der Waals surface area contributed by atoms with Crippen molar-refractivity contribution in [3.05, 3.63) is 52.6 Å². The first-order valence-corrected chi connectivity index (χ1v) is 15.1. The maximum atomic E-state index is 14.2. The number of halogens is 4. The topological polar surface area (TPSA) is 70.4 Å². The lowest BCUT2D eigenvalue weighted by Gasteiger charge is -2.74. The number of nitrogens with one attached hydrogen (secondary N) is 1. The molecular formula is C31H36F4N4O2. The number of carboxylic acid groups (broad SMARTS) is 1. The van der Waals surface area contributed by atoms with E-state index in [0.29, 0.717) is 29.6 Å². The molecule has 1 saturated heterocycles. The molecule has 9 rings (SSSR count). The van der Waals surface area contributed by atoms with Gasteiger partial charge in [-0.05, 0) is 98.1 Å². The number of aliphatic carboxylic acids is 1. The molecule has 3 atom stereocenters. The predicted octanol–water partition coefficient (Wildman–Crippen LogP) is 5.10. The highest BCUT2D eigenvalue weighted by molar-refractivity contribution is 5.79. The van der Waals surface area contributed by atoms with E-state index in [1.54, 1.807) is 12.1 Å². The van der Waals surface area contributed by atoms with Crippen LogP contribution in [0, 0.1) is 40.3 Å². The molecule has 5 aliphatic carbocycles. The van der Waals surface area contributed by atoms with E-state index in [0.717, 1.165) is 58.0 Å². The summed E-state index contributed by atoms with van der Waals surface area (Å²) in [4.78, 5) is 16.0. The molecule has 2 aromatic rings. The number of fused-ring (bicyclic) bond motifs is 1. The zero-order valence-electron chi connectivity index (χ0n) is 23.0. The molecule has 10 heteroatoms. The minimum atomic E-state index is -4.58. The Bertz CT molecular complexity index is 1380. The molecule has 1 spiro atoms. The van der Waals surface area contributed by atoms with Crippen LogP contribution in [-0.4, -0.2) is 50.9 Å². The SMILES string of the molecule is O=C(O)C1(C2CC3(CNC3)C2)C2CC3CC(C2)CC1(N1CCc2c(C(F)(F)F)nn(Cc4ccc(F)cc4)c2C1)C3. The van der Waals surface area contributed by atoms with Gasteiger partial charge in [0.1, 0.15) is 5.82 Å². The van der Waals surface area contributed by atoms with E-state index in [1.165, 1.54) is 16.8 Å². The van der Waals surface area contributed by atoms with Crippen LogP contribution in [0.2, 0.25) is 0 Å². The summed E-state index contributed by atoms with van der Waals surface area (Å²) in [6.07, 6.45) is 2.19. The van der Waals surface area contributed by atoms with Crippen molar-refractivity contribution in [1.82, 2.24) is 20.0 Å². The Morgan fingerprint density at radius 1 is 1.02 bits per heavy atom. The Morgan fingerprint density at radius 3 is 2.29 bits per heavy atom. The Balaban J connectivity index is 1.21. The lowest BCUT2D eigenvalue weighted by molar-refractivity contribution is -0.253. The van der Waals surface area contributed by atoms with Gasteiger partial charge in [0.25, 0.3) is 0 Å². The normalized spacial score (nSPS) is 35.8. The smallest absolute Gasteiger partial charge is 0.435 e. The Labute approximate surface area is 236 Å². The van der Waals surface area contributed by atoms with E-state index in [-0.39, 0.29) is 42.3 Å². The van der Waals surface area contributed by atoms with Crippen LogP contribution in [0.15, 0.2) is 24.3 Å². The van der Waals surface area contributed by atoms with Gasteiger partial charge in [0.05, 0.1) is 17.7 Å². The molecule has 1 aromatic heterocycles. The molecule has 3 unspecified atom stereocenters. The van der Waals surface area contributed by atoms with Gasteiger partial charge >= 0.3 is 12.1 Å². The number of nitrogens with zero attached hydrogens (tertiary/aromatic N) is 3. The highest BCUT2D eigenvalue weighted by atomic mass is 19.4. The van der Waals surface area contributed by atoms with Gasteiger partial charge in [-0.25, -0.2) is 4.39 Å². The van der Waals surface area contributed by atoms with E-state index in [9.17, 15) is 27.5 Å². The van der Waals surface area contributed by atoms with Gasteiger partial charge < -0.3 is 10.4 Å². The second kappa shape index (κ2) is 8.56. The van der Waals surface area contributed by atoms with Crippen LogP contribution in [0.25, 0.3) is 0 Å². The van der Waals surface area contributed by atoms with Crippen molar-refractivity contribution in [3.63, 3.8) is 0 Å². The van der Waals surface area contributed by atoms with Crippen molar-refractivity contribution < 1.29 is 27.5 Å². The number of alkyl halides is 3. The second-order valence-electron chi connectivity index (χ2n) is 14.2. The van der Waals surface area contributed by atoms with E-state index < -0.39 is 34.6 Å². The Morgan fingerprint density at radius 2 is 1.71 bits per heavy atom. The molecular weight excluding hydrogens is 536 g/mol. The maximum absolute atomic E-state index is 14.2. The lowest BCUT2D eigenvalue weighted by Crippen LogP contribution is -2.78. The van der Waals surface area contributed by atoms with Gasteiger partial charge in [0.15, 0.2) is 5.69 Å². The molecule has 2 N–H and O–H groups in total. The zero-order valence-corrected chi connectivity index (χ0v) is 23.0. The molecule has 41 heavy (non-hydrogen) atoms. The minimum Gasteiger partial charge on any atom is -0.481 e. The molecule has 1 aromatic carbocycles. The second-order valence-corrected chi connectivity index (χ2v) is 14.2. The quantitative estimate of drug-likeness (QED) is 0.489. The number of carboxylic acids is 1.